The van der Waals surface area contributed by atoms with Crippen LogP contribution in [-0.2, 0) is 0 Å². The molecular weight excluding hydrogens is 222 g/mol. The molecule has 3 unspecified atom stereocenters. The number of rotatable bonds is 2. The van der Waals surface area contributed by atoms with Gasteiger partial charge in [0.25, 0.3) is 0 Å². The van der Waals surface area contributed by atoms with Crippen LogP contribution >= 0.6 is 0 Å². The third-order valence-electron chi connectivity index (χ3n) is 3.52. The van der Waals surface area contributed by atoms with E-state index < -0.39 is 36.0 Å². The SMILES string of the molecule is CCC1(C(C)C(F)(F)F)CC1C(F)(F)F. The molecule has 0 N–H and O–H groups in total. The summed E-state index contributed by atoms with van der Waals surface area (Å²) in [5.41, 5.74) is -1.61. The Labute approximate surface area is 83.6 Å². The molecule has 1 aliphatic rings. The molecule has 0 aromatic heterocycles. The molecule has 0 saturated heterocycles. The van der Waals surface area contributed by atoms with E-state index in [0.717, 1.165) is 6.92 Å². The summed E-state index contributed by atoms with van der Waals surface area (Å²) in [6.45, 7) is 2.23. The predicted molar refractivity (Wildman–Crippen MR) is 42.1 cm³/mol. The van der Waals surface area contributed by atoms with E-state index in [1.54, 1.807) is 0 Å². The molecule has 0 heterocycles. The zero-order valence-corrected chi connectivity index (χ0v) is 8.34. The van der Waals surface area contributed by atoms with Gasteiger partial charge in [-0.2, -0.15) is 26.3 Å². The summed E-state index contributed by atoms with van der Waals surface area (Å²) in [6, 6.07) is 0. The van der Waals surface area contributed by atoms with E-state index in [1.165, 1.54) is 6.92 Å². The average molecular weight is 234 g/mol. The minimum atomic E-state index is -4.55. The van der Waals surface area contributed by atoms with Crippen molar-refractivity contribution in [3.8, 4) is 0 Å². The molecule has 1 fully saturated rings. The van der Waals surface area contributed by atoms with Crippen LogP contribution in [0.4, 0.5) is 26.3 Å². The normalized spacial score (nSPS) is 34.0. The molecule has 0 aromatic rings. The van der Waals surface area contributed by atoms with Crippen LogP contribution in [0, 0.1) is 17.3 Å². The highest BCUT2D eigenvalue weighted by Crippen LogP contribution is 2.68. The maximum Gasteiger partial charge on any atom is 0.392 e. The molecule has 6 heteroatoms. The number of halogens is 6. The van der Waals surface area contributed by atoms with Crippen LogP contribution in [0.5, 0.6) is 0 Å². The second-order valence-electron chi connectivity index (χ2n) is 4.15. The van der Waals surface area contributed by atoms with Crippen molar-refractivity contribution in [2.75, 3.05) is 0 Å². The maximum atomic E-state index is 12.4. The molecule has 1 aliphatic carbocycles. The van der Waals surface area contributed by atoms with E-state index in [1.807, 2.05) is 0 Å². The van der Waals surface area contributed by atoms with Gasteiger partial charge < -0.3 is 0 Å². The van der Waals surface area contributed by atoms with Crippen molar-refractivity contribution < 1.29 is 26.3 Å². The first-order valence-corrected chi connectivity index (χ1v) is 4.69. The summed E-state index contributed by atoms with van der Waals surface area (Å²) in [5, 5.41) is 0. The molecule has 15 heavy (non-hydrogen) atoms. The first-order valence-electron chi connectivity index (χ1n) is 4.69. The molecular formula is C9H12F6. The fraction of sp³-hybridized carbons (Fsp3) is 1.00. The van der Waals surface area contributed by atoms with E-state index in [9.17, 15) is 26.3 Å². The Morgan fingerprint density at radius 3 is 1.87 bits per heavy atom. The Balaban J connectivity index is 2.84. The monoisotopic (exact) mass is 234 g/mol. The molecule has 3 atom stereocenters. The largest absolute Gasteiger partial charge is 0.392 e. The molecule has 0 radical (unpaired) electrons. The molecule has 0 aliphatic heterocycles. The van der Waals surface area contributed by atoms with Crippen molar-refractivity contribution in [2.24, 2.45) is 17.3 Å². The lowest BCUT2D eigenvalue weighted by Crippen LogP contribution is -2.32. The van der Waals surface area contributed by atoms with Crippen LogP contribution in [0.1, 0.15) is 26.7 Å². The zero-order valence-electron chi connectivity index (χ0n) is 8.34. The molecule has 0 aromatic carbocycles. The number of alkyl halides is 6. The van der Waals surface area contributed by atoms with Gasteiger partial charge in [-0.05, 0) is 18.3 Å². The molecule has 0 amide bonds. The van der Waals surface area contributed by atoms with Crippen molar-refractivity contribution in [3.05, 3.63) is 0 Å². The third kappa shape index (κ3) is 2.08. The van der Waals surface area contributed by atoms with Crippen molar-refractivity contribution >= 4 is 0 Å². The third-order valence-corrected chi connectivity index (χ3v) is 3.52. The van der Waals surface area contributed by atoms with E-state index >= 15 is 0 Å². The maximum absolute atomic E-state index is 12.4. The summed E-state index contributed by atoms with van der Waals surface area (Å²) in [4.78, 5) is 0. The van der Waals surface area contributed by atoms with Crippen LogP contribution in [0.25, 0.3) is 0 Å². The van der Waals surface area contributed by atoms with Gasteiger partial charge in [0, 0.05) is 0 Å². The van der Waals surface area contributed by atoms with E-state index in [0.29, 0.717) is 0 Å². The summed E-state index contributed by atoms with van der Waals surface area (Å²) in [7, 11) is 0. The lowest BCUT2D eigenvalue weighted by molar-refractivity contribution is -0.206. The minimum absolute atomic E-state index is 0.0855. The molecule has 1 saturated carbocycles. The Morgan fingerprint density at radius 1 is 1.20 bits per heavy atom. The van der Waals surface area contributed by atoms with Gasteiger partial charge in [-0.25, -0.2) is 0 Å². The van der Waals surface area contributed by atoms with Gasteiger partial charge in [0.15, 0.2) is 0 Å². The molecule has 0 nitrogen and oxygen atoms in total. The Kier molecular flexibility index (Phi) is 2.77. The summed E-state index contributed by atoms with van der Waals surface area (Å²) >= 11 is 0. The van der Waals surface area contributed by atoms with Gasteiger partial charge in [-0.3, -0.25) is 0 Å². The van der Waals surface area contributed by atoms with Crippen LogP contribution < -0.4 is 0 Å². The fourth-order valence-corrected chi connectivity index (χ4v) is 2.26. The highest BCUT2D eigenvalue weighted by molar-refractivity contribution is 5.08. The van der Waals surface area contributed by atoms with Crippen LogP contribution in [-0.4, -0.2) is 12.4 Å². The highest BCUT2D eigenvalue weighted by Gasteiger charge is 2.71. The predicted octanol–water partition coefficient (Wildman–Crippen LogP) is 4.16. The average Bonchev–Trinajstić information content (AvgIpc) is 2.76. The Hall–Kier alpha value is -0.420. The summed E-state index contributed by atoms with van der Waals surface area (Å²) in [5.74, 6) is -3.67. The van der Waals surface area contributed by atoms with Gasteiger partial charge in [-0.15, -0.1) is 0 Å². The van der Waals surface area contributed by atoms with Crippen molar-refractivity contribution in [1.82, 2.24) is 0 Å². The molecule has 90 valence electrons. The standard InChI is InChI=1S/C9H12F6/c1-3-7(5(2)8(10,11)12)4-6(7)9(13,14)15/h5-6H,3-4H2,1-2H3. The lowest BCUT2D eigenvalue weighted by Gasteiger charge is -2.26. The number of hydrogen-bond acceptors (Lipinski definition) is 0. The molecule has 0 bridgehead atoms. The second kappa shape index (κ2) is 3.28. The number of hydrogen-bond donors (Lipinski definition) is 0. The van der Waals surface area contributed by atoms with Crippen molar-refractivity contribution in [1.29, 1.82) is 0 Å². The zero-order chi connectivity index (χ0) is 12.1. The van der Waals surface area contributed by atoms with Gasteiger partial charge in [0.1, 0.15) is 0 Å². The molecule has 0 spiro atoms. The van der Waals surface area contributed by atoms with Crippen molar-refractivity contribution in [3.63, 3.8) is 0 Å². The topological polar surface area (TPSA) is 0 Å². The van der Waals surface area contributed by atoms with Crippen LogP contribution in [0.3, 0.4) is 0 Å². The van der Waals surface area contributed by atoms with Gasteiger partial charge in [0.2, 0.25) is 0 Å². The summed E-state index contributed by atoms with van der Waals surface area (Å²) in [6.07, 6.45) is -9.53. The van der Waals surface area contributed by atoms with E-state index in [4.69, 9.17) is 0 Å². The fourth-order valence-electron chi connectivity index (χ4n) is 2.26. The van der Waals surface area contributed by atoms with Crippen molar-refractivity contribution in [2.45, 2.75) is 39.0 Å². The smallest absolute Gasteiger partial charge is 0.171 e. The lowest BCUT2D eigenvalue weighted by atomic mass is 9.85. The summed E-state index contributed by atoms with van der Waals surface area (Å²) < 4.78 is 74.0. The Bertz CT molecular complexity index is 240. The van der Waals surface area contributed by atoms with E-state index in [2.05, 4.69) is 0 Å². The van der Waals surface area contributed by atoms with Crippen LogP contribution in [0.15, 0.2) is 0 Å². The van der Waals surface area contributed by atoms with Gasteiger partial charge >= 0.3 is 12.4 Å². The van der Waals surface area contributed by atoms with E-state index in [-0.39, 0.29) is 6.42 Å². The quantitative estimate of drug-likeness (QED) is 0.629. The molecule has 1 rings (SSSR count). The first kappa shape index (κ1) is 12.6. The van der Waals surface area contributed by atoms with Gasteiger partial charge in [-0.1, -0.05) is 13.8 Å². The first-order chi connectivity index (χ1) is 6.55. The van der Waals surface area contributed by atoms with Crippen LogP contribution in [0.2, 0.25) is 0 Å². The van der Waals surface area contributed by atoms with Gasteiger partial charge in [0.05, 0.1) is 11.8 Å². The minimum Gasteiger partial charge on any atom is -0.171 e. The Morgan fingerprint density at radius 2 is 1.67 bits per heavy atom. The second-order valence-corrected chi connectivity index (χ2v) is 4.15. The highest BCUT2D eigenvalue weighted by atomic mass is 19.4.